The Labute approximate surface area is 258 Å². The van der Waals surface area contributed by atoms with E-state index in [2.05, 4.69) is 46.3 Å². The number of alkyl halides is 3. The first-order valence-corrected chi connectivity index (χ1v) is 15.0. The van der Waals surface area contributed by atoms with Crippen molar-refractivity contribution >= 4 is 11.0 Å². The topological polar surface area (TPSA) is 143 Å². The molecule has 2 fully saturated rings. The Morgan fingerprint density at radius 2 is 2.00 bits per heavy atom. The summed E-state index contributed by atoms with van der Waals surface area (Å²) in [5, 5.41) is 18.3. The van der Waals surface area contributed by atoms with Gasteiger partial charge in [-0.1, -0.05) is 0 Å². The molecule has 0 amide bonds. The van der Waals surface area contributed by atoms with Gasteiger partial charge in [0.25, 0.3) is 0 Å². The molecular weight excluding hydrogens is 589 g/mol. The number of likely N-dealkylation sites (tertiary alicyclic amines) is 1. The average molecular weight is 625 g/mol. The fraction of sp³-hybridized carbons (Fsp3) is 0.533. The number of fused-ring (bicyclic) bond motifs is 1. The molecule has 0 radical (unpaired) electrons. The molecule has 1 saturated heterocycles. The molecule has 1 atom stereocenters. The van der Waals surface area contributed by atoms with E-state index in [9.17, 15) is 18.4 Å². The van der Waals surface area contributed by atoms with Gasteiger partial charge in [-0.05, 0) is 38.7 Å². The number of methoxy groups -OCH3 is 1. The molecule has 6 rings (SSSR count). The molecule has 238 valence electrons. The highest BCUT2D eigenvalue weighted by atomic mass is 19.4. The third kappa shape index (κ3) is 6.63. The van der Waals surface area contributed by atoms with Crippen molar-refractivity contribution < 1.29 is 22.6 Å². The van der Waals surface area contributed by atoms with E-state index in [1.165, 1.54) is 12.4 Å². The summed E-state index contributed by atoms with van der Waals surface area (Å²) < 4.78 is 53.6. The smallest absolute Gasteiger partial charge is 0.451 e. The summed E-state index contributed by atoms with van der Waals surface area (Å²) in [6.07, 6.45) is 5.47. The molecule has 0 aromatic carbocycles. The third-order valence-corrected chi connectivity index (χ3v) is 8.60. The highest BCUT2D eigenvalue weighted by molar-refractivity contribution is 5.90. The van der Waals surface area contributed by atoms with Crippen molar-refractivity contribution in [3.05, 3.63) is 48.6 Å². The van der Waals surface area contributed by atoms with Crippen LogP contribution in [0.1, 0.15) is 50.5 Å². The standard InChI is InChI=1S/C30H35F3N10O2/c1-19(15-44-2)36-13-21-11-25(41-28(40-21)30(31,32)33)45-23-5-3-22(4-6-23)42-16-29(17-42,8-9-34)43-14-20(12-39-43)26-24-7-10-35-27(24)38-18-37-26/h7,10-12,14,18-19,22-23,36H,3-6,8,13,15-17H2,1-2H3,(H,35,37,38). The first-order valence-electron chi connectivity index (χ1n) is 15.0. The van der Waals surface area contributed by atoms with E-state index in [1.807, 2.05) is 30.1 Å². The average Bonchev–Trinajstić information content (AvgIpc) is 3.69. The molecule has 1 aliphatic heterocycles. The number of hydrogen-bond donors (Lipinski definition) is 2. The lowest BCUT2D eigenvalue weighted by Crippen LogP contribution is -2.65. The monoisotopic (exact) mass is 624 g/mol. The second kappa shape index (κ2) is 12.7. The lowest BCUT2D eigenvalue weighted by Gasteiger charge is -2.53. The minimum atomic E-state index is -4.68. The van der Waals surface area contributed by atoms with Gasteiger partial charge in [0.05, 0.1) is 36.7 Å². The van der Waals surface area contributed by atoms with E-state index in [1.54, 1.807) is 13.3 Å². The summed E-state index contributed by atoms with van der Waals surface area (Å²) in [5.74, 6) is -1.28. The van der Waals surface area contributed by atoms with Crippen LogP contribution in [0.15, 0.2) is 37.1 Å². The fourth-order valence-electron chi connectivity index (χ4n) is 6.30. The third-order valence-electron chi connectivity index (χ3n) is 8.60. The maximum absolute atomic E-state index is 13.5. The Kier molecular flexibility index (Phi) is 8.71. The zero-order valence-electron chi connectivity index (χ0n) is 25.1. The molecule has 4 aromatic heterocycles. The first kappa shape index (κ1) is 30.9. The van der Waals surface area contributed by atoms with Crippen LogP contribution in [0.25, 0.3) is 22.3 Å². The molecule has 0 bridgehead atoms. The molecule has 45 heavy (non-hydrogen) atoms. The van der Waals surface area contributed by atoms with Gasteiger partial charge in [0, 0.05) is 68.2 Å². The minimum Gasteiger partial charge on any atom is -0.474 e. The second-order valence-electron chi connectivity index (χ2n) is 11.9. The molecule has 1 unspecified atom stereocenters. The Bertz CT molecular complexity index is 1650. The quantitative estimate of drug-likeness (QED) is 0.251. The number of aromatic nitrogens is 7. The molecule has 5 heterocycles. The maximum Gasteiger partial charge on any atom is 0.451 e. The largest absolute Gasteiger partial charge is 0.474 e. The fourth-order valence-corrected chi connectivity index (χ4v) is 6.30. The normalized spacial score (nSPS) is 20.9. The molecule has 12 nitrogen and oxygen atoms in total. The Balaban J connectivity index is 1.07. The maximum atomic E-state index is 13.5. The van der Waals surface area contributed by atoms with Crippen LogP contribution in [0.3, 0.4) is 0 Å². The molecule has 15 heteroatoms. The van der Waals surface area contributed by atoms with E-state index >= 15 is 0 Å². The number of aromatic amines is 1. The molecule has 1 aliphatic carbocycles. The zero-order chi connectivity index (χ0) is 31.6. The number of nitriles is 1. The van der Waals surface area contributed by atoms with Gasteiger partial charge in [0.1, 0.15) is 23.6 Å². The Morgan fingerprint density at radius 3 is 2.73 bits per heavy atom. The van der Waals surface area contributed by atoms with Crippen LogP contribution < -0.4 is 10.1 Å². The van der Waals surface area contributed by atoms with Crippen LogP contribution >= 0.6 is 0 Å². The number of hydrogen-bond acceptors (Lipinski definition) is 10. The van der Waals surface area contributed by atoms with Crippen molar-refractivity contribution in [1.29, 1.82) is 5.26 Å². The number of rotatable bonds is 11. The van der Waals surface area contributed by atoms with Crippen LogP contribution in [0, 0.1) is 11.3 Å². The summed E-state index contributed by atoms with van der Waals surface area (Å²) in [5.41, 5.74) is 2.16. The van der Waals surface area contributed by atoms with Gasteiger partial charge < -0.3 is 19.8 Å². The van der Waals surface area contributed by atoms with Crippen LogP contribution in [0.4, 0.5) is 13.2 Å². The molecule has 2 N–H and O–H groups in total. The van der Waals surface area contributed by atoms with Gasteiger partial charge in [0.15, 0.2) is 0 Å². The lowest BCUT2D eigenvalue weighted by molar-refractivity contribution is -0.145. The van der Waals surface area contributed by atoms with Gasteiger partial charge in [-0.3, -0.25) is 9.58 Å². The lowest BCUT2D eigenvalue weighted by atomic mass is 9.82. The Morgan fingerprint density at radius 1 is 1.20 bits per heavy atom. The summed E-state index contributed by atoms with van der Waals surface area (Å²) in [7, 11) is 1.56. The van der Waals surface area contributed by atoms with Crippen molar-refractivity contribution in [2.45, 2.75) is 75.5 Å². The molecule has 2 aliphatic rings. The van der Waals surface area contributed by atoms with Crippen LogP contribution in [-0.2, 0) is 23.0 Å². The highest BCUT2D eigenvalue weighted by Crippen LogP contribution is 2.39. The molecule has 1 saturated carbocycles. The highest BCUT2D eigenvalue weighted by Gasteiger charge is 2.48. The van der Waals surface area contributed by atoms with Crippen LogP contribution in [0.5, 0.6) is 5.88 Å². The van der Waals surface area contributed by atoms with Crippen molar-refractivity contribution in [1.82, 2.24) is 44.9 Å². The van der Waals surface area contributed by atoms with Crippen molar-refractivity contribution in [2.75, 3.05) is 26.8 Å². The number of nitrogens with zero attached hydrogens (tertiary/aromatic N) is 8. The second-order valence-corrected chi connectivity index (χ2v) is 11.9. The van der Waals surface area contributed by atoms with E-state index in [0.717, 1.165) is 35.1 Å². The van der Waals surface area contributed by atoms with Gasteiger partial charge in [-0.2, -0.15) is 28.5 Å². The van der Waals surface area contributed by atoms with E-state index in [4.69, 9.17) is 9.47 Å². The predicted molar refractivity (Wildman–Crippen MR) is 157 cm³/mol. The van der Waals surface area contributed by atoms with E-state index in [-0.39, 0.29) is 36.3 Å². The van der Waals surface area contributed by atoms with Crippen LogP contribution in [-0.4, -0.2) is 84.6 Å². The molecule has 4 aromatic rings. The number of H-pyrrole nitrogens is 1. The van der Waals surface area contributed by atoms with Gasteiger partial charge in [-0.25, -0.2) is 15.0 Å². The zero-order valence-corrected chi connectivity index (χ0v) is 25.1. The first-order chi connectivity index (χ1) is 21.7. The van der Waals surface area contributed by atoms with Crippen molar-refractivity contribution in [3.63, 3.8) is 0 Å². The molecule has 0 spiro atoms. The predicted octanol–water partition coefficient (Wildman–Crippen LogP) is 4.07. The summed E-state index contributed by atoms with van der Waals surface area (Å²) >= 11 is 0. The van der Waals surface area contributed by atoms with Crippen LogP contribution in [0.2, 0.25) is 0 Å². The van der Waals surface area contributed by atoms with Crippen molar-refractivity contribution in [3.8, 4) is 23.2 Å². The SMILES string of the molecule is COCC(C)NCc1cc(OC2CCC(N3CC(CC#N)(n4cc(-c5ncnc6[nH]ccc56)cn4)C3)CC2)nc(C(F)(F)F)n1. The van der Waals surface area contributed by atoms with Crippen molar-refractivity contribution in [2.24, 2.45) is 0 Å². The summed E-state index contributed by atoms with van der Waals surface area (Å²) in [4.78, 5) is 21.6. The number of ether oxygens (including phenoxy) is 2. The van der Waals surface area contributed by atoms with E-state index in [0.29, 0.717) is 39.0 Å². The number of halogens is 3. The molecular formula is C30H35F3N10O2. The minimum absolute atomic E-state index is 0.0586. The number of nitrogens with one attached hydrogen (secondary N) is 2. The van der Waals surface area contributed by atoms with Gasteiger partial charge >= 0.3 is 6.18 Å². The summed E-state index contributed by atoms with van der Waals surface area (Å²) in [6, 6.07) is 5.97. The van der Waals surface area contributed by atoms with E-state index < -0.39 is 17.5 Å². The van der Waals surface area contributed by atoms with Gasteiger partial charge in [-0.15, -0.1) is 0 Å². The summed E-state index contributed by atoms with van der Waals surface area (Å²) in [6.45, 7) is 3.79. The van der Waals surface area contributed by atoms with Gasteiger partial charge in [0.2, 0.25) is 11.7 Å². The Hall–Kier alpha value is -4.13.